The Labute approximate surface area is 76.0 Å². The SMILES string of the molecule is C=COCCCCCCNCC. The van der Waals surface area contributed by atoms with Crippen LogP contribution in [-0.4, -0.2) is 19.7 Å². The van der Waals surface area contributed by atoms with Gasteiger partial charge in [0.15, 0.2) is 0 Å². The molecule has 0 spiro atoms. The largest absolute Gasteiger partial charge is 0.502 e. The second-order valence-electron chi connectivity index (χ2n) is 2.81. The van der Waals surface area contributed by atoms with Crippen LogP contribution in [-0.2, 0) is 4.74 Å². The van der Waals surface area contributed by atoms with Crippen molar-refractivity contribution < 1.29 is 4.74 Å². The summed E-state index contributed by atoms with van der Waals surface area (Å²) >= 11 is 0. The topological polar surface area (TPSA) is 21.3 Å². The third-order valence-corrected chi connectivity index (χ3v) is 1.73. The molecule has 0 radical (unpaired) electrons. The lowest BCUT2D eigenvalue weighted by molar-refractivity contribution is 0.242. The molecule has 0 aliphatic heterocycles. The minimum absolute atomic E-state index is 0.824. The Morgan fingerprint density at radius 3 is 2.67 bits per heavy atom. The van der Waals surface area contributed by atoms with Gasteiger partial charge in [-0.2, -0.15) is 0 Å². The van der Waals surface area contributed by atoms with Gasteiger partial charge in [0.05, 0.1) is 12.9 Å². The highest BCUT2D eigenvalue weighted by Gasteiger charge is 1.88. The summed E-state index contributed by atoms with van der Waals surface area (Å²) in [4.78, 5) is 0. The van der Waals surface area contributed by atoms with Crippen molar-refractivity contribution in [1.29, 1.82) is 0 Å². The summed E-state index contributed by atoms with van der Waals surface area (Å²) in [6.07, 6.45) is 6.51. The van der Waals surface area contributed by atoms with Crippen molar-refractivity contribution in [1.82, 2.24) is 5.32 Å². The van der Waals surface area contributed by atoms with Crippen molar-refractivity contribution in [2.24, 2.45) is 0 Å². The highest BCUT2D eigenvalue weighted by atomic mass is 16.5. The van der Waals surface area contributed by atoms with Crippen LogP contribution in [0.4, 0.5) is 0 Å². The molecule has 0 unspecified atom stereocenters. The quantitative estimate of drug-likeness (QED) is 0.424. The molecule has 0 aliphatic carbocycles. The van der Waals surface area contributed by atoms with E-state index < -0.39 is 0 Å². The van der Waals surface area contributed by atoms with Gasteiger partial charge in [-0.3, -0.25) is 0 Å². The van der Waals surface area contributed by atoms with Crippen molar-refractivity contribution in [3.05, 3.63) is 12.8 Å². The molecule has 12 heavy (non-hydrogen) atoms. The van der Waals surface area contributed by atoms with Gasteiger partial charge in [-0.25, -0.2) is 0 Å². The van der Waals surface area contributed by atoms with Gasteiger partial charge in [-0.05, 0) is 25.9 Å². The summed E-state index contributed by atoms with van der Waals surface area (Å²) in [5.41, 5.74) is 0. The number of hydrogen-bond acceptors (Lipinski definition) is 2. The fourth-order valence-electron chi connectivity index (χ4n) is 1.05. The maximum absolute atomic E-state index is 5.01. The van der Waals surface area contributed by atoms with E-state index in [1.165, 1.54) is 25.5 Å². The Bertz CT molecular complexity index is 93.8. The lowest BCUT2D eigenvalue weighted by Gasteiger charge is -2.01. The summed E-state index contributed by atoms with van der Waals surface area (Å²) in [5, 5.41) is 3.30. The highest BCUT2D eigenvalue weighted by molar-refractivity contribution is 4.50. The highest BCUT2D eigenvalue weighted by Crippen LogP contribution is 1.98. The number of hydrogen-bond donors (Lipinski definition) is 1. The second kappa shape index (κ2) is 10.5. The molecular weight excluding hydrogens is 150 g/mol. The molecule has 0 aromatic rings. The molecule has 0 fully saturated rings. The lowest BCUT2D eigenvalue weighted by atomic mass is 10.2. The third-order valence-electron chi connectivity index (χ3n) is 1.73. The Kier molecular flexibility index (Phi) is 10.1. The molecule has 0 aromatic heterocycles. The maximum atomic E-state index is 5.01. The maximum Gasteiger partial charge on any atom is 0.0873 e. The summed E-state index contributed by atoms with van der Waals surface area (Å²) < 4.78 is 5.01. The monoisotopic (exact) mass is 171 g/mol. The van der Waals surface area contributed by atoms with Crippen LogP contribution in [0.2, 0.25) is 0 Å². The van der Waals surface area contributed by atoms with Crippen molar-refractivity contribution >= 4 is 0 Å². The van der Waals surface area contributed by atoms with Crippen LogP contribution in [0.25, 0.3) is 0 Å². The molecular formula is C10H21NO. The van der Waals surface area contributed by atoms with Crippen molar-refractivity contribution in [2.45, 2.75) is 32.6 Å². The molecule has 0 amide bonds. The summed E-state index contributed by atoms with van der Waals surface area (Å²) in [5.74, 6) is 0. The minimum Gasteiger partial charge on any atom is -0.502 e. The zero-order valence-electron chi connectivity index (χ0n) is 8.14. The summed E-state index contributed by atoms with van der Waals surface area (Å²) in [6.45, 7) is 8.68. The molecule has 2 heteroatoms. The van der Waals surface area contributed by atoms with Gasteiger partial charge < -0.3 is 10.1 Å². The van der Waals surface area contributed by atoms with Crippen LogP contribution in [0.5, 0.6) is 0 Å². The Balaban J connectivity index is 2.77. The zero-order valence-corrected chi connectivity index (χ0v) is 8.14. The minimum atomic E-state index is 0.824. The van der Waals surface area contributed by atoms with Crippen LogP contribution in [0.1, 0.15) is 32.6 Å². The first kappa shape index (κ1) is 11.5. The average Bonchev–Trinajstić information content (AvgIpc) is 2.10. The standard InChI is InChI=1S/C10H21NO/c1-3-11-9-7-5-6-8-10-12-4-2/h4,11H,2-3,5-10H2,1H3. The van der Waals surface area contributed by atoms with E-state index in [1.807, 2.05) is 0 Å². The number of unbranched alkanes of at least 4 members (excludes halogenated alkanes) is 3. The van der Waals surface area contributed by atoms with E-state index in [4.69, 9.17) is 4.74 Å². The normalized spacial score (nSPS) is 9.75. The average molecular weight is 171 g/mol. The first-order valence-corrected chi connectivity index (χ1v) is 4.85. The van der Waals surface area contributed by atoms with E-state index in [2.05, 4.69) is 18.8 Å². The zero-order chi connectivity index (χ0) is 9.07. The number of rotatable bonds is 9. The molecule has 0 aliphatic rings. The van der Waals surface area contributed by atoms with Gasteiger partial charge in [-0.15, -0.1) is 0 Å². The first-order chi connectivity index (χ1) is 5.91. The van der Waals surface area contributed by atoms with Crippen LogP contribution < -0.4 is 5.32 Å². The Hall–Kier alpha value is -0.500. The predicted molar refractivity (Wildman–Crippen MR) is 53.2 cm³/mol. The van der Waals surface area contributed by atoms with Gasteiger partial charge >= 0.3 is 0 Å². The van der Waals surface area contributed by atoms with E-state index in [0.29, 0.717) is 0 Å². The summed E-state index contributed by atoms with van der Waals surface area (Å²) in [6, 6.07) is 0. The molecule has 72 valence electrons. The van der Waals surface area contributed by atoms with Gasteiger partial charge in [-0.1, -0.05) is 26.3 Å². The van der Waals surface area contributed by atoms with Crippen molar-refractivity contribution in [3.63, 3.8) is 0 Å². The molecule has 0 bridgehead atoms. The molecule has 0 heterocycles. The molecule has 2 nitrogen and oxygen atoms in total. The van der Waals surface area contributed by atoms with Crippen LogP contribution in [0.3, 0.4) is 0 Å². The smallest absolute Gasteiger partial charge is 0.0873 e. The van der Waals surface area contributed by atoms with Gasteiger partial charge in [0.2, 0.25) is 0 Å². The van der Waals surface area contributed by atoms with Gasteiger partial charge in [0, 0.05) is 0 Å². The Morgan fingerprint density at radius 1 is 1.25 bits per heavy atom. The van der Waals surface area contributed by atoms with Crippen molar-refractivity contribution in [3.8, 4) is 0 Å². The van der Waals surface area contributed by atoms with Crippen LogP contribution >= 0.6 is 0 Å². The third kappa shape index (κ3) is 9.50. The Morgan fingerprint density at radius 2 is 2.00 bits per heavy atom. The number of ether oxygens (including phenoxy) is 1. The lowest BCUT2D eigenvalue weighted by Crippen LogP contribution is -2.13. The van der Waals surface area contributed by atoms with E-state index in [0.717, 1.165) is 26.1 Å². The van der Waals surface area contributed by atoms with Crippen molar-refractivity contribution in [2.75, 3.05) is 19.7 Å². The van der Waals surface area contributed by atoms with E-state index in [-0.39, 0.29) is 0 Å². The van der Waals surface area contributed by atoms with E-state index in [9.17, 15) is 0 Å². The number of nitrogens with one attached hydrogen (secondary N) is 1. The molecule has 0 aromatic carbocycles. The fraction of sp³-hybridized carbons (Fsp3) is 0.800. The predicted octanol–water partition coefficient (Wildman–Crippen LogP) is 2.32. The molecule has 0 saturated carbocycles. The summed E-state index contributed by atoms with van der Waals surface area (Å²) in [7, 11) is 0. The van der Waals surface area contributed by atoms with Gasteiger partial charge in [0.1, 0.15) is 0 Å². The van der Waals surface area contributed by atoms with E-state index in [1.54, 1.807) is 0 Å². The van der Waals surface area contributed by atoms with Gasteiger partial charge in [0.25, 0.3) is 0 Å². The van der Waals surface area contributed by atoms with Crippen LogP contribution in [0.15, 0.2) is 12.8 Å². The molecule has 0 rings (SSSR count). The first-order valence-electron chi connectivity index (χ1n) is 4.85. The second-order valence-corrected chi connectivity index (χ2v) is 2.81. The molecule has 0 atom stereocenters. The molecule has 0 saturated heterocycles. The van der Waals surface area contributed by atoms with E-state index >= 15 is 0 Å². The van der Waals surface area contributed by atoms with Crippen LogP contribution in [0, 0.1) is 0 Å². The molecule has 1 N–H and O–H groups in total. The fourth-order valence-corrected chi connectivity index (χ4v) is 1.05.